The lowest BCUT2D eigenvalue weighted by molar-refractivity contribution is -0.0137. The second-order valence-electron chi connectivity index (χ2n) is 7.55. The Balaban J connectivity index is 1.75. The molecule has 0 aliphatic carbocycles. The Morgan fingerprint density at radius 1 is 1.45 bits per heavy atom. The van der Waals surface area contributed by atoms with Crippen LogP contribution in [0.3, 0.4) is 0 Å². The summed E-state index contributed by atoms with van der Waals surface area (Å²) >= 11 is 0. The van der Waals surface area contributed by atoms with E-state index in [0.717, 1.165) is 0 Å². The Morgan fingerprint density at radius 2 is 2.24 bits per heavy atom. The summed E-state index contributed by atoms with van der Waals surface area (Å²) in [6.07, 6.45) is 2.26. The minimum Gasteiger partial charge on any atom is -0.378 e. The van der Waals surface area contributed by atoms with Crippen molar-refractivity contribution in [2.24, 2.45) is 5.92 Å². The summed E-state index contributed by atoms with van der Waals surface area (Å²) in [4.78, 5) is 10.4. The van der Waals surface area contributed by atoms with Crippen molar-refractivity contribution in [1.82, 2.24) is 19.6 Å². The molecule has 4 heterocycles. The van der Waals surface area contributed by atoms with Crippen LogP contribution in [0.5, 0.6) is 0 Å². The van der Waals surface area contributed by atoms with E-state index < -0.39 is 30.6 Å². The van der Waals surface area contributed by atoms with Crippen LogP contribution >= 0.6 is 0 Å². The predicted molar refractivity (Wildman–Crippen MR) is 104 cm³/mol. The minimum absolute atomic E-state index is 0.0158. The van der Waals surface area contributed by atoms with Crippen LogP contribution < -0.4 is 10.2 Å². The monoisotopic (exact) mass is 408 g/mol. The van der Waals surface area contributed by atoms with Crippen molar-refractivity contribution < 1.29 is 17.9 Å². The fourth-order valence-corrected chi connectivity index (χ4v) is 3.67. The van der Waals surface area contributed by atoms with Gasteiger partial charge in [-0.15, -0.1) is 5.10 Å². The number of fused-ring (bicyclic) bond motifs is 1. The molecule has 2 aliphatic rings. The Labute approximate surface area is 166 Å². The van der Waals surface area contributed by atoms with Gasteiger partial charge in [0.25, 0.3) is 5.92 Å². The summed E-state index contributed by atoms with van der Waals surface area (Å²) in [5, 5.41) is 7.30. The first kappa shape index (κ1) is 19.7. The number of aromatic nitrogens is 4. The zero-order valence-electron chi connectivity index (χ0n) is 16.1. The van der Waals surface area contributed by atoms with E-state index >= 15 is 0 Å². The Hall–Kier alpha value is -2.62. The molecule has 29 heavy (non-hydrogen) atoms. The van der Waals surface area contributed by atoms with Crippen LogP contribution in [-0.4, -0.2) is 64.0 Å². The summed E-state index contributed by atoms with van der Waals surface area (Å²) in [5.41, 5.74) is 1.69. The van der Waals surface area contributed by atoms with E-state index in [4.69, 9.17) is 4.74 Å². The summed E-state index contributed by atoms with van der Waals surface area (Å²) in [6.45, 7) is 9.29. The minimum atomic E-state index is -2.83. The molecule has 0 unspecified atom stereocenters. The molecule has 7 nitrogen and oxygen atoms in total. The van der Waals surface area contributed by atoms with Crippen LogP contribution in [0.15, 0.2) is 25.6 Å². The van der Waals surface area contributed by atoms with Gasteiger partial charge in [0.15, 0.2) is 5.65 Å². The molecule has 0 aromatic carbocycles. The van der Waals surface area contributed by atoms with Gasteiger partial charge in [0.05, 0.1) is 24.9 Å². The molecule has 4 rings (SSSR count). The van der Waals surface area contributed by atoms with Crippen LogP contribution in [0.25, 0.3) is 11.2 Å². The number of halogens is 3. The first-order valence-electron chi connectivity index (χ1n) is 9.48. The highest BCUT2D eigenvalue weighted by Gasteiger charge is 2.46. The van der Waals surface area contributed by atoms with Gasteiger partial charge >= 0.3 is 0 Å². The van der Waals surface area contributed by atoms with Gasteiger partial charge in [0.1, 0.15) is 18.2 Å². The molecule has 10 heteroatoms. The number of rotatable bonds is 5. The van der Waals surface area contributed by atoms with Crippen molar-refractivity contribution in [3.05, 3.63) is 31.3 Å². The lowest BCUT2D eigenvalue weighted by Crippen LogP contribution is -2.39. The molecule has 0 spiro atoms. The molecule has 2 fully saturated rings. The lowest BCUT2D eigenvalue weighted by Gasteiger charge is -2.26. The summed E-state index contributed by atoms with van der Waals surface area (Å²) in [6, 6.07) is -0.476. The van der Waals surface area contributed by atoms with Crippen molar-refractivity contribution in [2.45, 2.75) is 31.5 Å². The molecule has 0 radical (unpaired) electrons. The van der Waals surface area contributed by atoms with E-state index in [9.17, 15) is 13.2 Å². The van der Waals surface area contributed by atoms with Crippen LogP contribution in [0.4, 0.5) is 24.8 Å². The fraction of sp³-hybridized carbons (Fsp3) is 0.526. The maximum atomic E-state index is 14.2. The number of ether oxygens (including phenoxy) is 1. The molecule has 156 valence electrons. The van der Waals surface area contributed by atoms with Gasteiger partial charge in [-0.25, -0.2) is 18.2 Å². The number of anilines is 2. The van der Waals surface area contributed by atoms with E-state index in [0.29, 0.717) is 35.6 Å². The molecular weight excluding hydrogens is 385 g/mol. The van der Waals surface area contributed by atoms with Gasteiger partial charge in [-0.1, -0.05) is 26.2 Å². The van der Waals surface area contributed by atoms with Gasteiger partial charge in [-0.05, 0) is 12.0 Å². The predicted octanol–water partition coefficient (Wildman–Crippen LogP) is 2.95. The average Bonchev–Trinajstić information content (AvgIpc) is 3.21. The lowest BCUT2D eigenvalue weighted by atomic mass is 10.1. The van der Waals surface area contributed by atoms with E-state index in [1.165, 1.54) is 23.8 Å². The van der Waals surface area contributed by atoms with Crippen LogP contribution in [0, 0.1) is 5.92 Å². The molecule has 2 aromatic rings. The fourth-order valence-electron chi connectivity index (χ4n) is 3.67. The molecule has 1 N–H and O–H groups in total. The van der Waals surface area contributed by atoms with Crippen molar-refractivity contribution >= 4 is 22.9 Å². The normalized spacial score (nSPS) is 26.6. The second kappa shape index (κ2) is 7.33. The van der Waals surface area contributed by atoms with E-state index in [-0.39, 0.29) is 19.1 Å². The number of hydrogen-bond donors (Lipinski definition) is 1. The maximum Gasteiger partial charge on any atom is 0.269 e. The molecule has 2 saturated heterocycles. The first-order chi connectivity index (χ1) is 13.8. The van der Waals surface area contributed by atoms with Gasteiger partial charge < -0.3 is 15.0 Å². The number of nitrogens with one attached hydrogen (secondary N) is 1. The highest BCUT2D eigenvalue weighted by molar-refractivity contribution is 5.86. The van der Waals surface area contributed by atoms with Gasteiger partial charge in [0.2, 0.25) is 5.95 Å². The van der Waals surface area contributed by atoms with Crippen molar-refractivity contribution in [3.8, 4) is 0 Å². The molecule has 0 amide bonds. The highest BCUT2D eigenvalue weighted by Crippen LogP contribution is 2.39. The summed E-state index contributed by atoms with van der Waals surface area (Å²) in [7, 11) is 0. The quantitative estimate of drug-likeness (QED) is 0.768. The third-order valence-corrected chi connectivity index (χ3v) is 5.45. The van der Waals surface area contributed by atoms with E-state index in [1.54, 1.807) is 4.90 Å². The molecular formula is C19H23F3N6O. The Kier molecular flexibility index (Phi) is 4.97. The van der Waals surface area contributed by atoms with Crippen LogP contribution in [0.2, 0.25) is 0 Å². The zero-order valence-corrected chi connectivity index (χ0v) is 16.1. The maximum absolute atomic E-state index is 14.2. The van der Waals surface area contributed by atoms with Gasteiger partial charge in [-0.2, -0.15) is 9.50 Å². The molecule has 3 atom stereocenters. The van der Waals surface area contributed by atoms with E-state index in [2.05, 4.69) is 33.5 Å². The van der Waals surface area contributed by atoms with E-state index in [1.807, 2.05) is 0 Å². The van der Waals surface area contributed by atoms with Gasteiger partial charge in [-0.3, -0.25) is 0 Å². The second-order valence-corrected chi connectivity index (χ2v) is 7.55. The van der Waals surface area contributed by atoms with Crippen molar-refractivity contribution in [2.75, 3.05) is 36.5 Å². The van der Waals surface area contributed by atoms with Crippen molar-refractivity contribution in [1.29, 1.82) is 0 Å². The SMILES string of the molecule is C=CC(=C)c1ncn2nc(N[C@H]3CCOC[C@H]3F)nc2c1N1C[C@@H](C)C(F)(F)C1. The zero-order chi connectivity index (χ0) is 20.8. The third-order valence-electron chi connectivity index (χ3n) is 5.45. The average molecular weight is 408 g/mol. The number of alkyl halides is 3. The largest absolute Gasteiger partial charge is 0.378 e. The third kappa shape index (κ3) is 3.57. The molecule has 0 saturated carbocycles. The first-order valence-corrected chi connectivity index (χ1v) is 9.48. The standard InChI is InChI=1S/C19H23F3N6O/c1-4-11(2)15-16(27-7-12(3)19(21,22)9-27)17-25-18(26-28(17)10-23-15)24-14-5-6-29-8-13(14)20/h4,10,12-14H,1-2,5-9H2,3H3,(H,24,26)/t12-,13-,14+/m1/s1. The molecule has 0 bridgehead atoms. The Morgan fingerprint density at radius 3 is 2.90 bits per heavy atom. The van der Waals surface area contributed by atoms with Crippen LogP contribution in [-0.2, 0) is 4.74 Å². The topological polar surface area (TPSA) is 67.6 Å². The highest BCUT2D eigenvalue weighted by atomic mass is 19.3. The summed E-state index contributed by atoms with van der Waals surface area (Å²) < 4.78 is 49.1. The van der Waals surface area contributed by atoms with Crippen molar-refractivity contribution in [3.63, 3.8) is 0 Å². The number of allylic oxidation sites excluding steroid dienone is 2. The van der Waals surface area contributed by atoms with Gasteiger partial charge in [0, 0.05) is 19.1 Å². The Bertz CT molecular complexity index is 945. The molecule has 2 aliphatic heterocycles. The van der Waals surface area contributed by atoms with Crippen LogP contribution in [0.1, 0.15) is 19.0 Å². The number of hydrogen-bond acceptors (Lipinski definition) is 6. The number of nitrogens with zero attached hydrogens (tertiary/aromatic N) is 5. The molecule has 2 aromatic heterocycles. The summed E-state index contributed by atoms with van der Waals surface area (Å²) in [5.74, 6) is -3.44. The smallest absolute Gasteiger partial charge is 0.269 e.